The summed E-state index contributed by atoms with van der Waals surface area (Å²) in [6, 6.07) is 0. The summed E-state index contributed by atoms with van der Waals surface area (Å²) in [5.41, 5.74) is 0. The molecular formula is C12H28Na2O2S. The molecule has 1 atom stereocenters. The van der Waals surface area contributed by atoms with E-state index in [2.05, 4.69) is 6.92 Å². The molecule has 96 valence electrons. The van der Waals surface area contributed by atoms with Crippen LogP contribution in [0, 0.1) is 0 Å². The predicted molar refractivity (Wildman–Crippen MR) is 81.8 cm³/mol. The molecule has 1 N–H and O–H groups in total. The molecule has 0 amide bonds. The first-order valence-corrected chi connectivity index (χ1v) is 7.62. The van der Waals surface area contributed by atoms with Gasteiger partial charge in [-0.1, -0.05) is 64.7 Å². The fourth-order valence-corrected chi connectivity index (χ4v) is 2.16. The zero-order valence-electron chi connectivity index (χ0n) is 10.0. The van der Waals surface area contributed by atoms with Gasteiger partial charge in [-0.3, -0.25) is 0 Å². The predicted octanol–water partition coefficient (Wildman–Crippen LogP) is 2.83. The van der Waals surface area contributed by atoms with Crippen LogP contribution in [0.5, 0.6) is 0 Å². The van der Waals surface area contributed by atoms with E-state index in [4.69, 9.17) is 4.55 Å². The second-order valence-corrected chi connectivity index (χ2v) is 5.26. The van der Waals surface area contributed by atoms with Gasteiger partial charge >= 0.3 is 59.1 Å². The van der Waals surface area contributed by atoms with Crippen LogP contribution >= 0.6 is 0 Å². The van der Waals surface area contributed by atoms with E-state index in [1.165, 1.54) is 51.4 Å². The zero-order valence-corrected chi connectivity index (χ0v) is 10.9. The third-order valence-electron chi connectivity index (χ3n) is 2.67. The third-order valence-corrected chi connectivity index (χ3v) is 3.31. The van der Waals surface area contributed by atoms with Crippen LogP contribution in [-0.2, 0) is 11.1 Å². The maximum atomic E-state index is 10.3. The van der Waals surface area contributed by atoms with E-state index < -0.39 is 11.1 Å². The summed E-state index contributed by atoms with van der Waals surface area (Å²) in [6.07, 6.45) is 12.7. The van der Waals surface area contributed by atoms with Crippen LogP contribution in [-0.4, -0.2) is 73.6 Å². The SMILES string of the molecule is CCCCCCCCCCCCS(=O)O.[NaH].[NaH]. The molecule has 0 fully saturated rings. The molecule has 17 heavy (non-hydrogen) atoms. The molecule has 0 aromatic carbocycles. The van der Waals surface area contributed by atoms with Gasteiger partial charge in [0.1, 0.15) is 0 Å². The monoisotopic (exact) mass is 282 g/mol. The van der Waals surface area contributed by atoms with E-state index in [9.17, 15) is 4.21 Å². The van der Waals surface area contributed by atoms with Crippen molar-refractivity contribution < 1.29 is 8.76 Å². The van der Waals surface area contributed by atoms with Crippen LogP contribution in [0.3, 0.4) is 0 Å². The van der Waals surface area contributed by atoms with Crippen molar-refractivity contribution in [3.05, 3.63) is 0 Å². The summed E-state index contributed by atoms with van der Waals surface area (Å²) in [6.45, 7) is 2.24. The van der Waals surface area contributed by atoms with Gasteiger partial charge in [0.05, 0.1) is 0 Å². The van der Waals surface area contributed by atoms with Gasteiger partial charge in [-0.05, 0) is 6.42 Å². The van der Waals surface area contributed by atoms with Crippen molar-refractivity contribution in [2.45, 2.75) is 71.1 Å². The van der Waals surface area contributed by atoms with Crippen LogP contribution < -0.4 is 0 Å². The van der Waals surface area contributed by atoms with Crippen LogP contribution in [0.2, 0.25) is 0 Å². The second kappa shape index (κ2) is 20.4. The quantitative estimate of drug-likeness (QED) is 0.359. The van der Waals surface area contributed by atoms with Crippen LogP contribution in [0.1, 0.15) is 71.1 Å². The molecule has 2 nitrogen and oxygen atoms in total. The summed E-state index contributed by atoms with van der Waals surface area (Å²) < 4.78 is 18.9. The first-order chi connectivity index (χ1) is 7.27. The van der Waals surface area contributed by atoms with Crippen molar-refractivity contribution in [1.82, 2.24) is 0 Å². The van der Waals surface area contributed by atoms with Gasteiger partial charge in [0.2, 0.25) is 0 Å². The van der Waals surface area contributed by atoms with Crippen molar-refractivity contribution in [2.24, 2.45) is 0 Å². The average molecular weight is 282 g/mol. The molecule has 0 heterocycles. The van der Waals surface area contributed by atoms with Gasteiger partial charge in [0.15, 0.2) is 11.1 Å². The van der Waals surface area contributed by atoms with Gasteiger partial charge in [0.25, 0.3) is 0 Å². The first-order valence-electron chi connectivity index (χ1n) is 6.35. The molecule has 1 unspecified atom stereocenters. The fourth-order valence-electron chi connectivity index (χ4n) is 1.71. The number of rotatable bonds is 11. The van der Waals surface area contributed by atoms with Crippen LogP contribution in [0.25, 0.3) is 0 Å². The standard InChI is InChI=1S/C12H26O2S.2Na.2H/c1-2-3-4-5-6-7-8-9-10-11-12-15(13)14;;;;/h2-12H2,1H3,(H,13,14);;;;. The first kappa shape index (κ1) is 24.1. The molecule has 0 spiro atoms. The maximum absolute atomic E-state index is 10.3. The Hall–Kier alpha value is 2.11. The summed E-state index contributed by atoms with van der Waals surface area (Å²) in [4.78, 5) is 0. The van der Waals surface area contributed by atoms with Gasteiger partial charge in [-0.15, -0.1) is 0 Å². The van der Waals surface area contributed by atoms with Crippen LogP contribution in [0.15, 0.2) is 0 Å². The Bertz CT molecular complexity index is 157. The van der Waals surface area contributed by atoms with E-state index in [-0.39, 0.29) is 59.1 Å². The van der Waals surface area contributed by atoms with Gasteiger partial charge in [-0.2, -0.15) is 0 Å². The van der Waals surface area contributed by atoms with E-state index in [1.54, 1.807) is 0 Å². The molecule has 0 aliphatic rings. The van der Waals surface area contributed by atoms with E-state index in [0.717, 1.165) is 12.8 Å². The number of hydrogen-bond acceptors (Lipinski definition) is 1. The van der Waals surface area contributed by atoms with Crippen molar-refractivity contribution in [3.8, 4) is 0 Å². The molecule has 0 bridgehead atoms. The molecule has 0 aromatic heterocycles. The molecule has 0 radical (unpaired) electrons. The summed E-state index contributed by atoms with van der Waals surface area (Å²) >= 11 is -1.58. The third kappa shape index (κ3) is 23.6. The molecule has 0 aliphatic carbocycles. The van der Waals surface area contributed by atoms with E-state index in [0.29, 0.717) is 5.75 Å². The molecule has 5 heteroatoms. The Morgan fingerprint density at radius 2 is 1.12 bits per heavy atom. The molecule has 0 rings (SSSR count). The zero-order chi connectivity index (χ0) is 11.4. The topological polar surface area (TPSA) is 37.3 Å². The Balaban J connectivity index is -0.000000980. The normalized spacial score (nSPS) is 11.4. The Morgan fingerprint density at radius 1 is 0.765 bits per heavy atom. The summed E-state index contributed by atoms with van der Waals surface area (Å²) in [5.74, 6) is 0.455. The second-order valence-electron chi connectivity index (χ2n) is 4.21. The Kier molecular flexibility index (Phi) is 29.0. The summed E-state index contributed by atoms with van der Waals surface area (Å²) in [7, 11) is 0. The minimum atomic E-state index is -1.58. The van der Waals surface area contributed by atoms with Crippen molar-refractivity contribution in [3.63, 3.8) is 0 Å². The van der Waals surface area contributed by atoms with Crippen molar-refractivity contribution in [2.75, 3.05) is 5.75 Å². The molecule has 0 saturated heterocycles. The van der Waals surface area contributed by atoms with E-state index in [1.807, 2.05) is 0 Å². The molecule has 0 saturated carbocycles. The van der Waals surface area contributed by atoms with Crippen LogP contribution in [0.4, 0.5) is 0 Å². The van der Waals surface area contributed by atoms with E-state index >= 15 is 0 Å². The fraction of sp³-hybridized carbons (Fsp3) is 1.00. The van der Waals surface area contributed by atoms with Gasteiger partial charge in [0, 0.05) is 5.75 Å². The molecule has 0 aliphatic heterocycles. The number of unbranched alkanes of at least 4 members (excludes halogenated alkanes) is 9. The minimum absolute atomic E-state index is 0. The van der Waals surface area contributed by atoms with Gasteiger partial charge in [-0.25, -0.2) is 4.21 Å². The summed E-state index contributed by atoms with van der Waals surface area (Å²) in [5, 5.41) is 0. The van der Waals surface area contributed by atoms with Crippen molar-refractivity contribution in [1.29, 1.82) is 0 Å². The molecule has 0 aromatic rings. The van der Waals surface area contributed by atoms with Gasteiger partial charge < -0.3 is 4.55 Å². The van der Waals surface area contributed by atoms with Crippen molar-refractivity contribution >= 4 is 70.2 Å². The average Bonchev–Trinajstić information content (AvgIpc) is 2.20. The Morgan fingerprint density at radius 3 is 1.47 bits per heavy atom. The molecular weight excluding hydrogens is 254 g/mol. The number of hydrogen-bond donors (Lipinski definition) is 1. The Labute approximate surface area is 154 Å².